The maximum absolute atomic E-state index is 2.46. The molecule has 0 aliphatic carbocycles. The van der Waals surface area contributed by atoms with Crippen LogP contribution in [0.4, 0.5) is 34.1 Å². The van der Waals surface area contributed by atoms with E-state index in [1.807, 2.05) is 11.3 Å². The number of anilines is 6. The van der Waals surface area contributed by atoms with Crippen molar-refractivity contribution in [2.24, 2.45) is 0 Å². The fourth-order valence-corrected chi connectivity index (χ4v) is 9.18. The van der Waals surface area contributed by atoms with E-state index in [-0.39, 0.29) is 0 Å². The van der Waals surface area contributed by atoms with Gasteiger partial charge in [0.15, 0.2) is 0 Å². The van der Waals surface area contributed by atoms with Crippen LogP contribution in [0.25, 0.3) is 53.2 Å². The molecule has 2 nitrogen and oxygen atoms in total. The molecule has 3 heteroatoms. The first-order chi connectivity index (χ1) is 27.3. The van der Waals surface area contributed by atoms with Crippen molar-refractivity contribution in [1.29, 1.82) is 0 Å². The predicted molar refractivity (Wildman–Crippen MR) is 237 cm³/mol. The molecule has 0 amide bonds. The number of rotatable bonds is 8. The van der Waals surface area contributed by atoms with Crippen molar-refractivity contribution in [2.45, 2.75) is 0 Å². The Hall–Kier alpha value is -6.94. The Balaban J connectivity index is 1.31. The Morgan fingerprint density at radius 1 is 0.327 bits per heavy atom. The van der Waals surface area contributed by atoms with E-state index in [1.54, 1.807) is 0 Å². The molecular weight excluding hydrogens is 685 g/mol. The number of thiophene rings is 1. The Morgan fingerprint density at radius 3 is 1.29 bits per heavy atom. The predicted octanol–water partition coefficient (Wildman–Crippen LogP) is 15.5. The van der Waals surface area contributed by atoms with Crippen LogP contribution in [-0.2, 0) is 0 Å². The molecular formula is C52H36N2S. The number of nitrogens with zero attached hydrogens (tertiary/aromatic N) is 2. The quantitative estimate of drug-likeness (QED) is 0.154. The molecule has 0 saturated heterocycles. The Morgan fingerprint density at radius 2 is 0.745 bits per heavy atom. The van der Waals surface area contributed by atoms with Crippen LogP contribution < -0.4 is 9.80 Å². The van der Waals surface area contributed by atoms with Gasteiger partial charge in [0.05, 0.1) is 27.4 Å². The van der Waals surface area contributed by atoms with E-state index in [9.17, 15) is 0 Å². The summed E-state index contributed by atoms with van der Waals surface area (Å²) in [6.45, 7) is 0. The Bertz CT molecular complexity index is 2920. The molecule has 260 valence electrons. The fourth-order valence-electron chi connectivity index (χ4n) is 7.93. The van der Waals surface area contributed by atoms with Crippen LogP contribution in [0.3, 0.4) is 0 Å². The van der Waals surface area contributed by atoms with Crippen molar-refractivity contribution < 1.29 is 0 Å². The third-order valence-electron chi connectivity index (χ3n) is 10.4. The highest BCUT2D eigenvalue weighted by molar-refractivity contribution is 7.26. The molecule has 0 aliphatic heterocycles. The van der Waals surface area contributed by atoms with Crippen LogP contribution in [0.1, 0.15) is 0 Å². The summed E-state index contributed by atoms with van der Waals surface area (Å²) in [6.07, 6.45) is 0. The lowest BCUT2D eigenvalue weighted by Crippen LogP contribution is -2.14. The fraction of sp³-hybridized carbons (Fsp3) is 0. The van der Waals surface area contributed by atoms with Crippen molar-refractivity contribution in [3.63, 3.8) is 0 Å². The summed E-state index contributed by atoms with van der Waals surface area (Å²) >= 11 is 1.88. The van der Waals surface area contributed by atoms with Gasteiger partial charge in [-0.15, -0.1) is 11.3 Å². The minimum atomic E-state index is 1.11. The van der Waals surface area contributed by atoms with E-state index in [4.69, 9.17) is 0 Å². The first kappa shape index (κ1) is 32.7. The highest BCUT2D eigenvalue weighted by Crippen LogP contribution is 2.53. The summed E-state index contributed by atoms with van der Waals surface area (Å²) in [5, 5.41) is 4.95. The molecule has 10 rings (SSSR count). The van der Waals surface area contributed by atoms with E-state index in [1.165, 1.54) is 53.2 Å². The average Bonchev–Trinajstić information content (AvgIpc) is 3.64. The molecule has 55 heavy (non-hydrogen) atoms. The second kappa shape index (κ2) is 14.1. The van der Waals surface area contributed by atoms with Gasteiger partial charge in [0.25, 0.3) is 0 Å². The van der Waals surface area contributed by atoms with E-state index >= 15 is 0 Å². The molecule has 0 aliphatic rings. The molecule has 1 heterocycles. The zero-order valence-corrected chi connectivity index (χ0v) is 30.9. The third-order valence-corrected chi connectivity index (χ3v) is 11.6. The number of para-hydroxylation sites is 4. The van der Waals surface area contributed by atoms with Crippen LogP contribution in [0.5, 0.6) is 0 Å². The lowest BCUT2D eigenvalue weighted by Gasteiger charge is -2.31. The molecule has 1 aromatic heterocycles. The van der Waals surface area contributed by atoms with Crippen LogP contribution >= 0.6 is 11.3 Å². The van der Waals surface area contributed by atoms with Crippen molar-refractivity contribution in [2.75, 3.05) is 9.80 Å². The zero-order chi connectivity index (χ0) is 36.6. The zero-order valence-electron chi connectivity index (χ0n) is 30.1. The van der Waals surface area contributed by atoms with Gasteiger partial charge in [-0.25, -0.2) is 0 Å². The molecule has 0 bridgehead atoms. The van der Waals surface area contributed by atoms with Crippen molar-refractivity contribution in [3.05, 3.63) is 218 Å². The summed E-state index contributed by atoms with van der Waals surface area (Å²) in [5.74, 6) is 0. The molecule has 0 saturated carbocycles. The summed E-state index contributed by atoms with van der Waals surface area (Å²) in [5.41, 5.74) is 11.5. The molecule has 0 radical (unpaired) electrons. The third kappa shape index (κ3) is 5.92. The van der Waals surface area contributed by atoms with E-state index < -0.39 is 0 Å². The first-order valence-electron chi connectivity index (χ1n) is 18.7. The van der Waals surface area contributed by atoms with Gasteiger partial charge in [-0.05, 0) is 82.6 Å². The summed E-state index contributed by atoms with van der Waals surface area (Å²) in [6, 6.07) is 78.8. The van der Waals surface area contributed by atoms with Crippen molar-refractivity contribution in [3.8, 4) is 22.3 Å². The van der Waals surface area contributed by atoms with Gasteiger partial charge in [-0.3, -0.25) is 0 Å². The van der Waals surface area contributed by atoms with Gasteiger partial charge in [-0.1, -0.05) is 158 Å². The summed E-state index contributed by atoms with van der Waals surface area (Å²) < 4.78 is 2.49. The second-order valence-electron chi connectivity index (χ2n) is 13.7. The van der Waals surface area contributed by atoms with Crippen LogP contribution in [0, 0.1) is 0 Å². The highest BCUT2D eigenvalue weighted by atomic mass is 32.1. The molecule has 0 unspecified atom stereocenters. The molecule has 9 aromatic carbocycles. The topological polar surface area (TPSA) is 6.48 Å². The van der Waals surface area contributed by atoms with E-state index in [0.29, 0.717) is 0 Å². The standard InChI is InChI=1S/C52H36N2S/c1-5-19-37(20-6-1)43-29-15-17-31-46(43)53(41-25-9-3-10-26-41)48-33-34-49(52-51(48)45-35-39-23-13-14-24-40(39)36-50(45)55-52)54(42-27-11-4-12-28-42)47-32-18-16-30-44(47)38-21-7-2-8-22-38/h1-36H. The molecule has 0 fully saturated rings. The SMILES string of the molecule is c1ccc(-c2ccccc2N(c2ccccc2)c2ccc(N(c3ccccc3)c3ccccc3-c3ccccc3)c3c2sc2cc4ccccc4cc23)cc1. The van der Waals surface area contributed by atoms with Gasteiger partial charge in [0, 0.05) is 38.0 Å². The van der Waals surface area contributed by atoms with Gasteiger partial charge < -0.3 is 9.80 Å². The average molecular weight is 721 g/mol. The van der Waals surface area contributed by atoms with Crippen LogP contribution in [-0.4, -0.2) is 0 Å². The smallest absolute Gasteiger partial charge is 0.0642 e. The molecule has 0 N–H and O–H groups in total. The number of benzene rings is 9. The molecule has 0 atom stereocenters. The van der Waals surface area contributed by atoms with Crippen molar-refractivity contribution >= 4 is 76.4 Å². The van der Waals surface area contributed by atoms with Crippen LogP contribution in [0.2, 0.25) is 0 Å². The minimum absolute atomic E-state index is 1.11. The van der Waals surface area contributed by atoms with E-state index in [0.717, 1.165) is 34.1 Å². The largest absolute Gasteiger partial charge is 0.309 e. The minimum Gasteiger partial charge on any atom is -0.309 e. The summed E-state index contributed by atoms with van der Waals surface area (Å²) in [4.78, 5) is 4.91. The van der Waals surface area contributed by atoms with Gasteiger partial charge in [0.2, 0.25) is 0 Å². The lowest BCUT2D eigenvalue weighted by atomic mass is 9.99. The van der Waals surface area contributed by atoms with Gasteiger partial charge >= 0.3 is 0 Å². The molecule has 10 aromatic rings. The number of hydrogen-bond donors (Lipinski definition) is 0. The van der Waals surface area contributed by atoms with Gasteiger partial charge in [0.1, 0.15) is 0 Å². The molecule has 0 spiro atoms. The monoisotopic (exact) mass is 720 g/mol. The maximum atomic E-state index is 2.46. The lowest BCUT2D eigenvalue weighted by molar-refractivity contribution is 1.28. The Labute approximate surface area is 325 Å². The first-order valence-corrected chi connectivity index (χ1v) is 19.5. The number of fused-ring (bicyclic) bond motifs is 4. The van der Waals surface area contributed by atoms with Crippen molar-refractivity contribution in [1.82, 2.24) is 0 Å². The summed E-state index contributed by atoms with van der Waals surface area (Å²) in [7, 11) is 0. The Kier molecular flexibility index (Phi) is 8.40. The number of hydrogen-bond acceptors (Lipinski definition) is 3. The van der Waals surface area contributed by atoms with E-state index in [2.05, 4.69) is 228 Å². The van der Waals surface area contributed by atoms with Crippen LogP contribution in [0.15, 0.2) is 218 Å². The van der Waals surface area contributed by atoms with Gasteiger partial charge in [-0.2, -0.15) is 0 Å². The highest BCUT2D eigenvalue weighted by Gasteiger charge is 2.26. The maximum Gasteiger partial charge on any atom is 0.0642 e. The normalized spacial score (nSPS) is 11.3. The second-order valence-corrected chi connectivity index (χ2v) is 14.8.